The number of ether oxygens (including phenoxy) is 2. The second-order valence-corrected chi connectivity index (χ2v) is 3.64. The maximum Gasteiger partial charge on any atom is 0.345 e. The molecular weight excluding hydrogens is 216 g/mol. The van der Waals surface area contributed by atoms with Crippen LogP contribution in [0.3, 0.4) is 0 Å². The summed E-state index contributed by atoms with van der Waals surface area (Å²) in [5.41, 5.74) is 0. The van der Waals surface area contributed by atoms with Gasteiger partial charge in [-0.15, -0.1) is 0 Å². The Balaban J connectivity index is 0.00000106. The number of rotatable bonds is 4. The number of likely N-dealkylation sites (N-methyl/N-ethyl adjacent to an activating group) is 1. The third kappa shape index (κ3) is 4.31. The van der Waals surface area contributed by atoms with Gasteiger partial charge in [0.25, 0.3) is 0 Å². The molecule has 16 heavy (non-hydrogen) atoms. The zero-order chi connectivity index (χ0) is 12.7. The van der Waals surface area contributed by atoms with Crippen molar-refractivity contribution >= 4 is 0 Å². The molecule has 0 N–H and O–H groups in total. The minimum Gasteiger partial charge on any atom is -0.380 e. The Morgan fingerprint density at radius 1 is 1.31 bits per heavy atom. The van der Waals surface area contributed by atoms with Gasteiger partial charge in [0.1, 0.15) is 0 Å². The average Bonchev–Trinajstić information content (AvgIpc) is 2.61. The molecule has 1 aliphatic rings. The van der Waals surface area contributed by atoms with Crippen LogP contribution in [-0.2, 0) is 9.47 Å². The molecule has 3 nitrogen and oxygen atoms in total. The number of hydrogen-bond donors (Lipinski definition) is 0. The first-order valence-electron chi connectivity index (χ1n) is 5.73. The fraction of sp³-hybridized carbons (Fsp3) is 1.00. The van der Waals surface area contributed by atoms with Gasteiger partial charge in [-0.1, -0.05) is 13.8 Å². The lowest BCUT2D eigenvalue weighted by atomic mass is 10.1. The Morgan fingerprint density at radius 2 is 1.88 bits per heavy atom. The van der Waals surface area contributed by atoms with E-state index in [4.69, 9.17) is 4.74 Å². The summed E-state index contributed by atoms with van der Waals surface area (Å²) < 4.78 is 33.9. The van der Waals surface area contributed by atoms with Crippen molar-refractivity contribution < 1.29 is 18.3 Å². The van der Waals surface area contributed by atoms with E-state index >= 15 is 0 Å². The van der Waals surface area contributed by atoms with E-state index in [9.17, 15) is 8.78 Å². The highest BCUT2D eigenvalue weighted by Gasteiger charge is 2.38. The van der Waals surface area contributed by atoms with Crippen LogP contribution in [0, 0.1) is 0 Å². The zero-order valence-electron chi connectivity index (χ0n) is 10.7. The Kier molecular flexibility index (Phi) is 7.80. The second-order valence-electron chi connectivity index (χ2n) is 3.64. The van der Waals surface area contributed by atoms with E-state index in [-0.39, 0.29) is 12.1 Å². The average molecular weight is 239 g/mol. The highest BCUT2D eigenvalue weighted by molar-refractivity contribution is 4.90. The quantitative estimate of drug-likeness (QED) is 0.751. The molecule has 0 bridgehead atoms. The van der Waals surface area contributed by atoms with Crippen LogP contribution < -0.4 is 0 Å². The first-order chi connectivity index (χ1) is 7.56. The van der Waals surface area contributed by atoms with Gasteiger partial charge in [-0.25, -0.2) is 0 Å². The number of halogens is 2. The molecule has 1 fully saturated rings. The van der Waals surface area contributed by atoms with Crippen molar-refractivity contribution in [1.82, 2.24) is 4.90 Å². The van der Waals surface area contributed by atoms with Gasteiger partial charge in [0.05, 0.1) is 18.2 Å². The lowest BCUT2D eigenvalue weighted by molar-refractivity contribution is -0.175. The first kappa shape index (κ1) is 15.7. The van der Waals surface area contributed by atoms with Crippen molar-refractivity contribution in [2.75, 3.05) is 20.7 Å². The van der Waals surface area contributed by atoms with Crippen molar-refractivity contribution in [3.8, 4) is 0 Å². The predicted molar refractivity (Wildman–Crippen MR) is 59.7 cm³/mol. The Bertz CT molecular complexity index is 181. The third-order valence-corrected chi connectivity index (χ3v) is 2.79. The molecule has 0 aromatic carbocycles. The summed E-state index contributed by atoms with van der Waals surface area (Å²) in [6.07, 6.45) is 0.125. The summed E-state index contributed by atoms with van der Waals surface area (Å²) in [5.74, 6) is 0. The summed E-state index contributed by atoms with van der Waals surface area (Å²) in [6, 6.07) is -0.0750. The molecule has 1 saturated heterocycles. The van der Waals surface area contributed by atoms with Gasteiger partial charge in [0, 0.05) is 13.7 Å². The smallest absolute Gasteiger partial charge is 0.345 e. The van der Waals surface area contributed by atoms with Gasteiger partial charge in [-0.3, -0.25) is 4.90 Å². The van der Waals surface area contributed by atoms with Crippen LogP contribution >= 0.6 is 0 Å². The first-order valence-corrected chi connectivity index (χ1v) is 5.73. The summed E-state index contributed by atoms with van der Waals surface area (Å²) in [5, 5.41) is 0. The molecule has 1 heterocycles. The van der Waals surface area contributed by atoms with Gasteiger partial charge in [0.15, 0.2) is 0 Å². The number of hydrogen-bond acceptors (Lipinski definition) is 3. The van der Waals surface area contributed by atoms with Gasteiger partial charge in [-0.05, 0) is 20.4 Å². The molecule has 0 radical (unpaired) electrons. The van der Waals surface area contributed by atoms with Crippen LogP contribution in [0.15, 0.2) is 0 Å². The molecule has 1 rings (SSSR count). The van der Waals surface area contributed by atoms with Crippen molar-refractivity contribution in [2.45, 2.75) is 52.1 Å². The number of nitrogens with zero attached hydrogens (tertiary/aromatic N) is 1. The van der Waals surface area contributed by atoms with Crippen LogP contribution in [0.25, 0.3) is 0 Å². The molecule has 98 valence electrons. The van der Waals surface area contributed by atoms with E-state index in [1.807, 2.05) is 32.7 Å². The molecule has 0 amide bonds. The van der Waals surface area contributed by atoms with Crippen LogP contribution in [-0.4, -0.2) is 50.5 Å². The van der Waals surface area contributed by atoms with Crippen molar-refractivity contribution in [1.29, 1.82) is 0 Å². The molecule has 5 heteroatoms. The van der Waals surface area contributed by atoms with Crippen molar-refractivity contribution in [2.24, 2.45) is 0 Å². The third-order valence-electron chi connectivity index (χ3n) is 2.79. The van der Waals surface area contributed by atoms with E-state index in [0.717, 1.165) is 6.54 Å². The maximum atomic E-state index is 12.1. The fourth-order valence-corrected chi connectivity index (χ4v) is 2.02. The maximum absolute atomic E-state index is 12.1. The van der Waals surface area contributed by atoms with Gasteiger partial charge < -0.3 is 9.47 Å². The summed E-state index contributed by atoms with van der Waals surface area (Å²) in [4.78, 5) is 2.00. The standard InChI is InChI=1S/C9H17F2NO2.C2H6/c1-6(13-3)8-7(14-9(10)11)4-5-12(8)2;1-2/h6-9H,4-5H2,1-3H3;1-2H3/t6-,7-,8+;/m0./s1. The van der Waals surface area contributed by atoms with E-state index < -0.39 is 12.7 Å². The molecule has 0 spiro atoms. The van der Waals surface area contributed by atoms with Gasteiger partial charge >= 0.3 is 6.61 Å². The van der Waals surface area contributed by atoms with Crippen LogP contribution in [0.1, 0.15) is 27.2 Å². The minimum atomic E-state index is -2.70. The van der Waals surface area contributed by atoms with Crippen LogP contribution in [0.5, 0.6) is 0 Å². The highest BCUT2D eigenvalue weighted by Crippen LogP contribution is 2.24. The molecular formula is C11H23F2NO2. The SMILES string of the molecule is CC.CO[C@@H](C)[C@@H]1[C@@H](OC(F)F)CCN1C. The number of alkyl halides is 2. The number of methoxy groups -OCH3 is 1. The summed E-state index contributed by atoms with van der Waals surface area (Å²) in [7, 11) is 3.48. The fourth-order valence-electron chi connectivity index (χ4n) is 2.02. The van der Waals surface area contributed by atoms with Gasteiger partial charge in [-0.2, -0.15) is 8.78 Å². The number of likely N-dealkylation sites (tertiary alicyclic amines) is 1. The van der Waals surface area contributed by atoms with Gasteiger partial charge in [0.2, 0.25) is 0 Å². The Morgan fingerprint density at radius 3 is 2.31 bits per heavy atom. The van der Waals surface area contributed by atoms with Crippen molar-refractivity contribution in [3.63, 3.8) is 0 Å². The Hall–Kier alpha value is -0.260. The van der Waals surface area contributed by atoms with Crippen molar-refractivity contribution in [3.05, 3.63) is 0 Å². The molecule has 1 aliphatic heterocycles. The zero-order valence-corrected chi connectivity index (χ0v) is 10.7. The van der Waals surface area contributed by atoms with E-state index in [1.54, 1.807) is 7.11 Å². The lowest BCUT2D eigenvalue weighted by Crippen LogP contribution is -2.43. The molecule has 0 saturated carbocycles. The largest absolute Gasteiger partial charge is 0.380 e. The molecule has 0 unspecified atom stereocenters. The lowest BCUT2D eigenvalue weighted by Gasteiger charge is -2.29. The van der Waals surface area contributed by atoms with E-state index in [0.29, 0.717) is 6.42 Å². The normalized spacial score (nSPS) is 27.8. The second kappa shape index (κ2) is 7.92. The van der Waals surface area contributed by atoms with E-state index in [2.05, 4.69) is 4.74 Å². The monoisotopic (exact) mass is 239 g/mol. The predicted octanol–water partition coefficient (Wildman–Crippen LogP) is 2.36. The van der Waals surface area contributed by atoms with E-state index in [1.165, 1.54) is 0 Å². The molecule has 3 atom stereocenters. The molecule has 0 aliphatic carbocycles. The van der Waals surface area contributed by atoms with Crippen LogP contribution in [0.2, 0.25) is 0 Å². The van der Waals surface area contributed by atoms with Crippen LogP contribution in [0.4, 0.5) is 8.78 Å². The summed E-state index contributed by atoms with van der Waals surface area (Å²) >= 11 is 0. The molecule has 0 aromatic heterocycles. The highest BCUT2D eigenvalue weighted by atomic mass is 19.3. The Labute approximate surface area is 96.7 Å². The molecule has 0 aromatic rings. The minimum absolute atomic E-state index is 0.0750. The summed E-state index contributed by atoms with van der Waals surface area (Å²) in [6.45, 7) is 3.95. The topological polar surface area (TPSA) is 21.7 Å².